The van der Waals surface area contributed by atoms with Crippen molar-refractivity contribution in [3.63, 3.8) is 0 Å². The lowest BCUT2D eigenvalue weighted by Crippen LogP contribution is -2.98. The van der Waals surface area contributed by atoms with Crippen molar-refractivity contribution in [2.45, 2.75) is 5.75 Å². The van der Waals surface area contributed by atoms with Gasteiger partial charge in [0, 0.05) is 11.5 Å². The molecule has 104 valence electrons. The summed E-state index contributed by atoms with van der Waals surface area (Å²) in [6.45, 7) is 0.743. The van der Waals surface area contributed by atoms with E-state index in [4.69, 9.17) is 21.9 Å². The third-order valence-electron chi connectivity index (χ3n) is 2.27. The van der Waals surface area contributed by atoms with Gasteiger partial charge in [0.25, 0.3) is 5.96 Å². The van der Waals surface area contributed by atoms with Crippen LogP contribution >= 0.6 is 11.8 Å². The van der Waals surface area contributed by atoms with Crippen molar-refractivity contribution in [3.8, 4) is 5.75 Å². The fourth-order valence-corrected chi connectivity index (χ4v) is 2.19. The van der Waals surface area contributed by atoms with E-state index in [9.17, 15) is 0 Å². The third-order valence-corrected chi connectivity index (χ3v) is 3.30. The number of benzene rings is 1. The molecule has 0 aliphatic heterocycles. The maximum Gasteiger partial charge on any atom is 0.517 e. The van der Waals surface area contributed by atoms with Gasteiger partial charge in [0.15, 0.2) is 0 Å². The third kappa shape index (κ3) is 6.56. The first-order valence-electron chi connectivity index (χ1n) is 5.83. The van der Waals surface area contributed by atoms with Crippen molar-refractivity contribution >= 4 is 23.7 Å². The second-order valence-corrected chi connectivity index (χ2v) is 4.93. The largest absolute Gasteiger partial charge is 0.517 e. The average molecular weight is 283 g/mol. The summed E-state index contributed by atoms with van der Waals surface area (Å²) < 4.78 is 5.11. The molecule has 0 spiro atoms. The topological polar surface area (TPSA) is 115 Å². The molecule has 6 nitrogen and oxygen atoms in total. The summed E-state index contributed by atoms with van der Waals surface area (Å²) in [6, 6.07) is 8.05. The molecule has 0 bridgehead atoms. The van der Waals surface area contributed by atoms with Crippen LogP contribution in [0, 0.1) is 0 Å². The molecule has 1 aromatic rings. The van der Waals surface area contributed by atoms with Crippen molar-refractivity contribution < 1.29 is 14.7 Å². The standard InChI is InChI=1S/C12H19N5OS/c1-18-10-4-2-9(3-5-10)8-19-7-6-16-12(15)17-11(13)14/h2-5H,6-8H2,1H3,(H6,13,14,15,16,17)/p+2. The SMILES string of the molecule is COc1ccc(CSCC[NH+]=C(N)[NH+]=C(N)N)cc1. The molecular weight excluding hydrogens is 262 g/mol. The first kappa shape index (κ1) is 15.2. The highest BCUT2D eigenvalue weighted by atomic mass is 32.2. The number of nitrogens with two attached hydrogens (primary N) is 3. The van der Waals surface area contributed by atoms with Crippen LogP contribution in [0.15, 0.2) is 24.3 Å². The van der Waals surface area contributed by atoms with E-state index in [1.54, 1.807) is 7.11 Å². The Morgan fingerprint density at radius 2 is 1.89 bits per heavy atom. The van der Waals surface area contributed by atoms with Crippen molar-refractivity contribution in [3.05, 3.63) is 29.8 Å². The van der Waals surface area contributed by atoms with Crippen LogP contribution in [0.4, 0.5) is 0 Å². The van der Waals surface area contributed by atoms with Crippen molar-refractivity contribution in [1.82, 2.24) is 0 Å². The van der Waals surface area contributed by atoms with Crippen LogP contribution in [0.1, 0.15) is 5.56 Å². The molecule has 1 aromatic carbocycles. The quantitative estimate of drug-likeness (QED) is 0.213. The molecule has 0 fully saturated rings. The van der Waals surface area contributed by atoms with Crippen LogP contribution in [-0.2, 0) is 5.75 Å². The van der Waals surface area contributed by atoms with E-state index in [2.05, 4.69) is 22.1 Å². The van der Waals surface area contributed by atoms with Crippen LogP contribution in [0.3, 0.4) is 0 Å². The maximum atomic E-state index is 5.59. The number of thioether (sulfide) groups is 1. The Morgan fingerprint density at radius 3 is 2.47 bits per heavy atom. The number of rotatable bonds is 6. The van der Waals surface area contributed by atoms with Gasteiger partial charge in [-0.1, -0.05) is 12.1 Å². The molecule has 0 saturated heterocycles. The van der Waals surface area contributed by atoms with E-state index in [0.29, 0.717) is 5.96 Å². The Morgan fingerprint density at radius 1 is 1.21 bits per heavy atom. The number of methoxy groups -OCH3 is 1. The van der Waals surface area contributed by atoms with Crippen LogP contribution in [0.25, 0.3) is 0 Å². The Hall–Kier alpha value is -1.89. The number of nitrogens with one attached hydrogen (secondary N) is 2. The van der Waals surface area contributed by atoms with E-state index in [-0.39, 0.29) is 5.96 Å². The zero-order chi connectivity index (χ0) is 14.1. The molecule has 7 heteroatoms. The Kier molecular flexibility index (Phi) is 6.59. The van der Waals surface area contributed by atoms with Crippen LogP contribution in [0.2, 0.25) is 0 Å². The molecule has 0 aromatic heterocycles. The van der Waals surface area contributed by atoms with Gasteiger partial charge in [-0.25, -0.2) is 5.73 Å². The van der Waals surface area contributed by atoms with Crippen LogP contribution in [-0.4, -0.2) is 31.3 Å². The summed E-state index contributed by atoms with van der Waals surface area (Å²) >= 11 is 1.81. The zero-order valence-corrected chi connectivity index (χ0v) is 11.8. The Balaban J connectivity index is 2.25. The molecule has 0 aliphatic rings. The summed E-state index contributed by atoms with van der Waals surface area (Å²) in [5.74, 6) is 3.20. The highest BCUT2D eigenvalue weighted by molar-refractivity contribution is 7.98. The number of ether oxygens (including phenoxy) is 1. The first-order chi connectivity index (χ1) is 9.11. The minimum Gasteiger partial charge on any atom is -0.497 e. The first-order valence-corrected chi connectivity index (χ1v) is 6.99. The smallest absolute Gasteiger partial charge is 0.497 e. The highest BCUT2D eigenvalue weighted by Crippen LogP contribution is 2.15. The second-order valence-electron chi connectivity index (χ2n) is 3.82. The Labute approximate surface area is 117 Å². The molecule has 1 rings (SSSR count). The van der Waals surface area contributed by atoms with Gasteiger partial charge >= 0.3 is 5.96 Å². The molecule has 8 N–H and O–H groups in total. The average Bonchev–Trinajstić information content (AvgIpc) is 2.38. The number of hydrogen-bond donors (Lipinski definition) is 5. The Bertz CT molecular complexity index is 440. The van der Waals surface area contributed by atoms with Gasteiger partial charge in [0.05, 0.1) is 7.11 Å². The molecule has 0 saturated carbocycles. The van der Waals surface area contributed by atoms with Crippen molar-refractivity contribution in [2.75, 3.05) is 19.4 Å². The summed E-state index contributed by atoms with van der Waals surface area (Å²) in [5, 5.41) is 0. The van der Waals surface area contributed by atoms with E-state index >= 15 is 0 Å². The minimum absolute atomic E-state index is 0.0795. The molecule has 0 unspecified atom stereocenters. The van der Waals surface area contributed by atoms with Crippen LogP contribution < -0.4 is 31.9 Å². The van der Waals surface area contributed by atoms with E-state index in [0.717, 1.165) is 23.8 Å². The summed E-state index contributed by atoms with van der Waals surface area (Å²) in [6.07, 6.45) is 0. The molecule has 19 heavy (non-hydrogen) atoms. The van der Waals surface area contributed by atoms with Crippen molar-refractivity contribution in [2.24, 2.45) is 17.2 Å². The molecule has 0 amide bonds. The molecule has 0 aliphatic carbocycles. The second kappa shape index (κ2) is 8.25. The van der Waals surface area contributed by atoms with E-state index < -0.39 is 0 Å². The highest BCUT2D eigenvalue weighted by Gasteiger charge is 2.02. The summed E-state index contributed by atoms with van der Waals surface area (Å²) in [4.78, 5) is 5.58. The monoisotopic (exact) mass is 283 g/mol. The van der Waals surface area contributed by atoms with Gasteiger partial charge in [0.2, 0.25) is 0 Å². The van der Waals surface area contributed by atoms with E-state index in [1.165, 1.54) is 5.56 Å². The van der Waals surface area contributed by atoms with Gasteiger partial charge in [-0.15, -0.1) is 4.99 Å². The van der Waals surface area contributed by atoms with Gasteiger partial charge in [-0.2, -0.15) is 16.8 Å². The predicted octanol–water partition coefficient (Wildman–Crippen LogP) is -3.32. The maximum absolute atomic E-state index is 5.59. The fraction of sp³-hybridized carbons (Fsp3) is 0.333. The molecule has 0 radical (unpaired) electrons. The normalized spacial score (nSPS) is 11.1. The lowest BCUT2D eigenvalue weighted by atomic mass is 10.2. The predicted molar refractivity (Wildman–Crippen MR) is 78.5 cm³/mol. The minimum atomic E-state index is 0.0795. The van der Waals surface area contributed by atoms with Crippen molar-refractivity contribution in [1.29, 1.82) is 0 Å². The van der Waals surface area contributed by atoms with Gasteiger partial charge in [-0.3, -0.25) is 0 Å². The number of guanidine groups is 2. The van der Waals surface area contributed by atoms with Gasteiger partial charge < -0.3 is 16.2 Å². The molecule has 0 heterocycles. The van der Waals surface area contributed by atoms with Gasteiger partial charge in [-0.05, 0) is 17.7 Å². The lowest BCUT2D eigenvalue weighted by Gasteiger charge is -2.02. The number of hydrogen-bond acceptors (Lipinski definition) is 2. The summed E-state index contributed by atoms with van der Waals surface area (Å²) in [7, 11) is 1.66. The zero-order valence-electron chi connectivity index (χ0n) is 11.0. The van der Waals surface area contributed by atoms with Crippen LogP contribution in [0.5, 0.6) is 5.75 Å². The fourth-order valence-electron chi connectivity index (χ4n) is 1.37. The van der Waals surface area contributed by atoms with Gasteiger partial charge in [0.1, 0.15) is 12.3 Å². The lowest BCUT2D eigenvalue weighted by molar-refractivity contribution is -0.519. The molecular formula is C12H21N5OS+2. The summed E-state index contributed by atoms with van der Waals surface area (Å²) in [5.41, 5.74) is 17.4. The molecule has 0 atom stereocenters. The van der Waals surface area contributed by atoms with E-state index in [1.807, 2.05) is 23.9 Å².